The van der Waals surface area contributed by atoms with Gasteiger partial charge in [0, 0.05) is 44.2 Å². The Bertz CT molecular complexity index is 741. The zero-order valence-electron chi connectivity index (χ0n) is 14.3. The molecule has 1 fully saturated rings. The van der Waals surface area contributed by atoms with Gasteiger partial charge in [-0.25, -0.2) is 9.37 Å². The van der Waals surface area contributed by atoms with E-state index in [-0.39, 0.29) is 11.7 Å². The SMILES string of the molecule is Cc1nc(/C=C/C(=O)N2CCCN(Cc3ccc(F)cc3)CC2)cs1. The van der Waals surface area contributed by atoms with Gasteiger partial charge in [-0.05, 0) is 37.1 Å². The van der Waals surface area contributed by atoms with Gasteiger partial charge >= 0.3 is 0 Å². The fraction of sp³-hybridized carbons (Fsp3) is 0.368. The van der Waals surface area contributed by atoms with Crippen LogP contribution in [0.25, 0.3) is 6.08 Å². The normalized spacial score (nSPS) is 16.3. The molecule has 1 saturated heterocycles. The first-order chi connectivity index (χ1) is 12.1. The van der Waals surface area contributed by atoms with E-state index in [1.165, 1.54) is 12.1 Å². The summed E-state index contributed by atoms with van der Waals surface area (Å²) in [5.41, 5.74) is 1.93. The van der Waals surface area contributed by atoms with E-state index in [1.54, 1.807) is 23.5 Å². The highest BCUT2D eigenvalue weighted by molar-refractivity contribution is 7.09. The van der Waals surface area contributed by atoms with Crippen LogP contribution in [0.4, 0.5) is 4.39 Å². The van der Waals surface area contributed by atoms with Gasteiger partial charge in [0.25, 0.3) is 0 Å². The van der Waals surface area contributed by atoms with Crippen molar-refractivity contribution in [3.8, 4) is 0 Å². The smallest absolute Gasteiger partial charge is 0.246 e. The van der Waals surface area contributed by atoms with Crippen molar-refractivity contribution in [2.75, 3.05) is 26.2 Å². The Hall–Kier alpha value is -2.05. The van der Waals surface area contributed by atoms with Crippen molar-refractivity contribution >= 4 is 23.3 Å². The first kappa shape index (κ1) is 17.8. The molecule has 1 aromatic carbocycles. The van der Waals surface area contributed by atoms with Crippen LogP contribution in [0.2, 0.25) is 0 Å². The fourth-order valence-electron chi connectivity index (χ4n) is 2.92. The molecule has 4 nitrogen and oxygen atoms in total. The predicted molar refractivity (Wildman–Crippen MR) is 98.8 cm³/mol. The van der Waals surface area contributed by atoms with Gasteiger partial charge in [0.15, 0.2) is 0 Å². The molecule has 132 valence electrons. The molecule has 0 atom stereocenters. The largest absolute Gasteiger partial charge is 0.338 e. The summed E-state index contributed by atoms with van der Waals surface area (Å²) < 4.78 is 13.0. The zero-order valence-corrected chi connectivity index (χ0v) is 15.1. The van der Waals surface area contributed by atoms with Gasteiger partial charge in [0.05, 0.1) is 10.7 Å². The van der Waals surface area contributed by atoms with Gasteiger partial charge < -0.3 is 4.90 Å². The number of hydrogen-bond acceptors (Lipinski definition) is 4. The molecule has 0 saturated carbocycles. The molecule has 0 aliphatic carbocycles. The highest BCUT2D eigenvalue weighted by Gasteiger charge is 2.17. The first-order valence-corrected chi connectivity index (χ1v) is 9.34. The average Bonchev–Trinajstić information content (AvgIpc) is 2.88. The van der Waals surface area contributed by atoms with Crippen molar-refractivity contribution < 1.29 is 9.18 Å². The molecule has 0 radical (unpaired) electrons. The predicted octanol–water partition coefficient (Wildman–Crippen LogP) is 3.34. The quantitative estimate of drug-likeness (QED) is 0.786. The third kappa shape index (κ3) is 5.21. The number of rotatable bonds is 4. The highest BCUT2D eigenvalue weighted by Crippen LogP contribution is 2.12. The van der Waals surface area contributed by atoms with Crippen molar-refractivity contribution in [3.63, 3.8) is 0 Å². The summed E-state index contributed by atoms with van der Waals surface area (Å²) in [6, 6.07) is 6.63. The summed E-state index contributed by atoms with van der Waals surface area (Å²) in [5, 5.41) is 2.95. The number of hydrogen-bond donors (Lipinski definition) is 0. The van der Waals surface area contributed by atoms with Gasteiger partial charge in [-0.1, -0.05) is 12.1 Å². The van der Waals surface area contributed by atoms with Crippen LogP contribution in [0.3, 0.4) is 0 Å². The molecule has 1 aromatic heterocycles. The molecular formula is C19H22FN3OS. The number of thiazole rings is 1. The Morgan fingerprint density at radius 2 is 2.04 bits per heavy atom. The Kier molecular flexibility index (Phi) is 5.94. The van der Waals surface area contributed by atoms with E-state index in [0.717, 1.165) is 48.9 Å². The van der Waals surface area contributed by atoms with Crippen LogP contribution in [0.5, 0.6) is 0 Å². The van der Waals surface area contributed by atoms with Crippen LogP contribution in [0.1, 0.15) is 22.7 Å². The number of carbonyl (C=O) groups excluding carboxylic acids is 1. The lowest BCUT2D eigenvalue weighted by Gasteiger charge is -2.21. The van der Waals surface area contributed by atoms with E-state index in [2.05, 4.69) is 9.88 Å². The van der Waals surface area contributed by atoms with Gasteiger partial charge in [0.1, 0.15) is 5.82 Å². The molecule has 0 bridgehead atoms. The highest BCUT2D eigenvalue weighted by atomic mass is 32.1. The summed E-state index contributed by atoms with van der Waals surface area (Å²) in [6.07, 6.45) is 4.34. The van der Waals surface area contributed by atoms with Crippen LogP contribution < -0.4 is 0 Å². The number of aromatic nitrogens is 1. The van der Waals surface area contributed by atoms with E-state index in [0.29, 0.717) is 6.54 Å². The Labute approximate surface area is 151 Å². The topological polar surface area (TPSA) is 36.4 Å². The first-order valence-electron chi connectivity index (χ1n) is 8.46. The van der Waals surface area contributed by atoms with Crippen LogP contribution >= 0.6 is 11.3 Å². The minimum absolute atomic E-state index is 0.0364. The molecule has 2 heterocycles. The molecule has 0 unspecified atom stereocenters. The van der Waals surface area contributed by atoms with Crippen LogP contribution in [-0.4, -0.2) is 46.9 Å². The van der Waals surface area contributed by atoms with Crippen LogP contribution in [0.15, 0.2) is 35.7 Å². The van der Waals surface area contributed by atoms with E-state index >= 15 is 0 Å². The summed E-state index contributed by atoms with van der Waals surface area (Å²) >= 11 is 1.58. The molecule has 25 heavy (non-hydrogen) atoms. The van der Waals surface area contributed by atoms with Crippen molar-refractivity contribution in [3.05, 3.63) is 57.8 Å². The molecule has 1 amide bonds. The standard InChI is InChI=1S/C19H22FN3OS/c1-15-21-18(14-25-15)7-8-19(24)23-10-2-9-22(11-12-23)13-16-3-5-17(20)6-4-16/h3-8,14H,2,9-13H2,1H3/b8-7+. The molecule has 6 heteroatoms. The number of halogens is 1. The second-order valence-electron chi connectivity index (χ2n) is 6.21. The number of amides is 1. The molecule has 0 N–H and O–H groups in total. The third-order valence-corrected chi connectivity index (χ3v) is 5.04. The number of aryl methyl sites for hydroxylation is 1. The lowest BCUT2D eigenvalue weighted by Crippen LogP contribution is -2.34. The number of carbonyl (C=O) groups is 1. The van der Waals surface area contributed by atoms with Crippen molar-refractivity contribution in [1.29, 1.82) is 0 Å². The summed E-state index contributed by atoms with van der Waals surface area (Å²) in [7, 11) is 0. The van der Waals surface area contributed by atoms with Crippen LogP contribution in [-0.2, 0) is 11.3 Å². The van der Waals surface area contributed by atoms with Crippen molar-refractivity contribution in [2.24, 2.45) is 0 Å². The van der Waals surface area contributed by atoms with Crippen molar-refractivity contribution in [1.82, 2.24) is 14.8 Å². The van der Waals surface area contributed by atoms with E-state index in [1.807, 2.05) is 29.3 Å². The lowest BCUT2D eigenvalue weighted by molar-refractivity contribution is -0.125. The Balaban J connectivity index is 1.53. The van der Waals surface area contributed by atoms with E-state index in [4.69, 9.17) is 0 Å². The summed E-state index contributed by atoms with van der Waals surface area (Å²) in [6.45, 7) is 5.98. The number of benzene rings is 1. The van der Waals surface area contributed by atoms with Gasteiger partial charge in [-0.2, -0.15) is 0 Å². The minimum Gasteiger partial charge on any atom is -0.338 e. The summed E-state index contributed by atoms with van der Waals surface area (Å²) in [5.74, 6) is -0.173. The lowest BCUT2D eigenvalue weighted by atomic mass is 10.2. The molecule has 1 aliphatic rings. The molecule has 1 aliphatic heterocycles. The van der Waals surface area contributed by atoms with Gasteiger partial charge in [-0.3, -0.25) is 9.69 Å². The maximum atomic E-state index is 13.0. The van der Waals surface area contributed by atoms with Gasteiger partial charge in [0.2, 0.25) is 5.91 Å². The van der Waals surface area contributed by atoms with E-state index < -0.39 is 0 Å². The Morgan fingerprint density at radius 3 is 2.76 bits per heavy atom. The minimum atomic E-state index is -0.210. The monoisotopic (exact) mass is 359 g/mol. The van der Waals surface area contributed by atoms with E-state index in [9.17, 15) is 9.18 Å². The number of nitrogens with zero attached hydrogens (tertiary/aromatic N) is 3. The molecule has 0 spiro atoms. The van der Waals surface area contributed by atoms with Gasteiger partial charge in [-0.15, -0.1) is 11.3 Å². The fourth-order valence-corrected chi connectivity index (χ4v) is 3.50. The average molecular weight is 359 g/mol. The third-order valence-electron chi connectivity index (χ3n) is 4.25. The maximum Gasteiger partial charge on any atom is 0.246 e. The van der Waals surface area contributed by atoms with Crippen molar-refractivity contribution in [2.45, 2.75) is 19.9 Å². The Morgan fingerprint density at radius 1 is 1.24 bits per heavy atom. The molecule has 3 rings (SSSR count). The molecular weight excluding hydrogens is 337 g/mol. The van der Waals surface area contributed by atoms with Crippen LogP contribution in [0, 0.1) is 12.7 Å². The molecule has 2 aromatic rings. The maximum absolute atomic E-state index is 13.0. The summed E-state index contributed by atoms with van der Waals surface area (Å²) in [4.78, 5) is 20.9. The zero-order chi connectivity index (χ0) is 17.6. The second-order valence-corrected chi connectivity index (χ2v) is 7.27. The second kappa shape index (κ2) is 8.36.